The number of rotatable bonds is 5. The van der Waals surface area contributed by atoms with Gasteiger partial charge in [0.25, 0.3) is 0 Å². The smallest absolute Gasteiger partial charge is 0.408 e. The summed E-state index contributed by atoms with van der Waals surface area (Å²) >= 11 is 0. The van der Waals surface area contributed by atoms with Gasteiger partial charge in [0.2, 0.25) is 0 Å². The molecule has 1 heterocycles. The molecule has 6 nitrogen and oxygen atoms in total. The van der Waals surface area contributed by atoms with Crippen LogP contribution in [-0.4, -0.2) is 37.5 Å². The van der Waals surface area contributed by atoms with Gasteiger partial charge in [-0.05, 0) is 27.7 Å². The van der Waals surface area contributed by atoms with Crippen LogP contribution < -0.4 is 5.32 Å². The first-order chi connectivity index (χ1) is 9.19. The number of nitrogens with zero attached hydrogens (tertiary/aromatic N) is 2. The molecule has 0 bridgehead atoms. The van der Waals surface area contributed by atoms with E-state index in [1.54, 1.807) is 18.8 Å². The summed E-state index contributed by atoms with van der Waals surface area (Å²) in [5.74, 6) is 0.558. The summed E-state index contributed by atoms with van der Waals surface area (Å²) < 4.78 is 18.3. The maximum absolute atomic E-state index is 11.7. The van der Waals surface area contributed by atoms with Gasteiger partial charge in [-0.25, -0.2) is 9.78 Å². The van der Waals surface area contributed by atoms with Crippen molar-refractivity contribution in [1.82, 2.24) is 14.9 Å². The molecule has 114 valence electrons. The topological polar surface area (TPSA) is 73.2 Å². The van der Waals surface area contributed by atoms with Crippen molar-refractivity contribution in [3.05, 3.63) is 18.2 Å². The van der Waals surface area contributed by atoms with Gasteiger partial charge in [0.05, 0.1) is 24.3 Å². The van der Waals surface area contributed by atoms with Gasteiger partial charge in [-0.15, -0.1) is 0 Å². The van der Waals surface area contributed by atoms with E-state index in [2.05, 4.69) is 10.3 Å². The van der Waals surface area contributed by atoms with Crippen LogP contribution in [0.3, 0.4) is 0 Å². The molecule has 0 aliphatic carbocycles. The lowest BCUT2D eigenvalue weighted by Gasteiger charge is -2.22. The highest BCUT2D eigenvalue weighted by molar-refractivity contribution is 7.84. The largest absolute Gasteiger partial charge is 0.444 e. The molecular formula is C13H23N3O3S. The summed E-state index contributed by atoms with van der Waals surface area (Å²) in [4.78, 5) is 15.8. The van der Waals surface area contributed by atoms with Crippen LogP contribution in [0.2, 0.25) is 0 Å². The molecule has 0 fully saturated rings. The molecule has 1 amide bonds. The first-order valence-electron chi connectivity index (χ1n) is 6.48. The van der Waals surface area contributed by atoms with Crippen molar-refractivity contribution in [2.24, 2.45) is 0 Å². The van der Waals surface area contributed by atoms with Gasteiger partial charge in [-0.3, -0.25) is 4.21 Å². The Kier molecular flexibility index (Phi) is 5.74. The molecule has 0 aromatic carbocycles. The number of hydrogen-bond donors (Lipinski definition) is 1. The highest BCUT2D eigenvalue weighted by atomic mass is 32.2. The van der Waals surface area contributed by atoms with E-state index in [0.29, 0.717) is 12.3 Å². The molecular weight excluding hydrogens is 278 g/mol. The molecule has 0 radical (unpaired) electrons. The summed E-state index contributed by atoms with van der Waals surface area (Å²) in [6.45, 7) is 7.92. The van der Waals surface area contributed by atoms with Gasteiger partial charge in [0.1, 0.15) is 5.60 Å². The average molecular weight is 301 g/mol. The van der Waals surface area contributed by atoms with Crippen molar-refractivity contribution < 1.29 is 13.7 Å². The molecule has 1 N–H and O–H groups in total. The molecule has 0 saturated carbocycles. The highest BCUT2D eigenvalue weighted by Crippen LogP contribution is 2.14. The number of ether oxygens (including phenoxy) is 1. The predicted molar refractivity (Wildman–Crippen MR) is 78.9 cm³/mol. The van der Waals surface area contributed by atoms with Crippen LogP contribution in [0, 0.1) is 0 Å². The maximum atomic E-state index is 11.7. The third-order valence-electron chi connectivity index (χ3n) is 2.54. The molecule has 0 aliphatic heterocycles. The van der Waals surface area contributed by atoms with Crippen LogP contribution in [0.25, 0.3) is 0 Å². The summed E-state index contributed by atoms with van der Waals surface area (Å²) in [5, 5.41) is 2.77. The van der Waals surface area contributed by atoms with Crippen LogP contribution in [-0.2, 0) is 22.1 Å². The average Bonchev–Trinajstić information content (AvgIpc) is 2.71. The second kappa shape index (κ2) is 6.88. The third kappa shape index (κ3) is 5.73. The number of alkyl carbamates (subject to hydrolysis) is 1. The standard InChI is InChI=1S/C13H23N3O3S/c1-10(15-12(17)19-13(2,3)4)11-8-14-9-16(11)6-7-20(5)18/h8-10H,6-7H2,1-5H3,(H,15,17). The van der Waals surface area contributed by atoms with Crippen molar-refractivity contribution in [1.29, 1.82) is 0 Å². The van der Waals surface area contributed by atoms with Crippen LogP contribution in [0.5, 0.6) is 0 Å². The predicted octanol–water partition coefficient (Wildman–Crippen LogP) is 1.85. The molecule has 1 aromatic rings. The first-order valence-corrected chi connectivity index (χ1v) is 8.21. The van der Waals surface area contributed by atoms with Crippen molar-refractivity contribution in [3.63, 3.8) is 0 Å². The Balaban J connectivity index is 2.63. The Morgan fingerprint density at radius 2 is 2.20 bits per heavy atom. The first kappa shape index (κ1) is 16.7. The summed E-state index contributed by atoms with van der Waals surface area (Å²) in [7, 11) is -0.856. The van der Waals surface area contributed by atoms with Gasteiger partial charge in [0, 0.05) is 29.4 Å². The lowest BCUT2D eigenvalue weighted by molar-refractivity contribution is 0.0506. The normalized spacial score (nSPS) is 14.7. The highest BCUT2D eigenvalue weighted by Gasteiger charge is 2.19. The van der Waals surface area contributed by atoms with Gasteiger partial charge < -0.3 is 14.6 Å². The van der Waals surface area contributed by atoms with Crippen molar-refractivity contribution >= 4 is 16.9 Å². The number of carbonyl (C=O) groups excluding carboxylic acids is 1. The van der Waals surface area contributed by atoms with E-state index in [0.717, 1.165) is 5.69 Å². The van der Waals surface area contributed by atoms with Crippen molar-refractivity contribution in [3.8, 4) is 0 Å². The number of aromatic nitrogens is 2. The van der Waals surface area contributed by atoms with Crippen LogP contribution in [0.15, 0.2) is 12.5 Å². The molecule has 2 atom stereocenters. The van der Waals surface area contributed by atoms with Gasteiger partial charge in [0.15, 0.2) is 0 Å². The molecule has 1 rings (SSSR count). The SMILES string of the molecule is CC(NC(=O)OC(C)(C)C)c1cncn1CCS(C)=O. The minimum absolute atomic E-state index is 0.224. The van der Waals surface area contributed by atoms with Gasteiger partial charge in [-0.1, -0.05) is 0 Å². The fourth-order valence-electron chi connectivity index (χ4n) is 1.66. The monoisotopic (exact) mass is 301 g/mol. The van der Waals surface area contributed by atoms with Crippen molar-refractivity contribution in [2.45, 2.75) is 45.9 Å². The van der Waals surface area contributed by atoms with Crippen molar-refractivity contribution in [2.75, 3.05) is 12.0 Å². The Bertz CT molecular complexity index is 479. The van der Waals surface area contributed by atoms with E-state index in [9.17, 15) is 9.00 Å². The zero-order valence-electron chi connectivity index (χ0n) is 12.7. The van der Waals surface area contributed by atoms with Gasteiger partial charge in [-0.2, -0.15) is 0 Å². The summed E-state index contributed by atoms with van der Waals surface area (Å²) in [6.07, 6.45) is 4.58. The molecule has 20 heavy (non-hydrogen) atoms. The minimum Gasteiger partial charge on any atom is -0.444 e. The number of amides is 1. The van der Waals surface area contributed by atoms with E-state index in [1.807, 2.05) is 32.3 Å². The minimum atomic E-state index is -0.856. The molecule has 7 heteroatoms. The Hall–Kier alpha value is -1.37. The molecule has 2 unspecified atom stereocenters. The van der Waals surface area contributed by atoms with Crippen LogP contribution in [0.1, 0.15) is 39.4 Å². The van der Waals surface area contributed by atoms with Gasteiger partial charge >= 0.3 is 6.09 Å². The molecule has 0 saturated heterocycles. The van der Waals surface area contributed by atoms with E-state index in [1.165, 1.54) is 0 Å². The molecule has 0 aliphatic rings. The van der Waals surface area contributed by atoms with E-state index in [4.69, 9.17) is 4.74 Å². The van der Waals surface area contributed by atoms with Crippen LogP contribution in [0.4, 0.5) is 4.79 Å². The fraction of sp³-hybridized carbons (Fsp3) is 0.692. The molecule has 1 aromatic heterocycles. The second-order valence-corrected chi connectivity index (χ2v) is 7.21. The fourth-order valence-corrected chi connectivity index (χ4v) is 2.12. The summed E-state index contributed by atoms with van der Waals surface area (Å²) in [6, 6.07) is -0.224. The number of imidazole rings is 1. The maximum Gasteiger partial charge on any atom is 0.408 e. The lowest BCUT2D eigenvalue weighted by atomic mass is 10.2. The Morgan fingerprint density at radius 1 is 1.55 bits per heavy atom. The Morgan fingerprint density at radius 3 is 2.75 bits per heavy atom. The quantitative estimate of drug-likeness (QED) is 0.900. The van der Waals surface area contributed by atoms with E-state index >= 15 is 0 Å². The Labute approximate surface area is 122 Å². The van der Waals surface area contributed by atoms with E-state index in [-0.39, 0.29) is 6.04 Å². The zero-order valence-corrected chi connectivity index (χ0v) is 13.5. The molecule has 0 spiro atoms. The number of aryl methyl sites for hydroxylation is 1. The zero-order chi connectivity index (χ0) is 15.3. The third-order valence-corrected chi connectivity index (χ3v) is 3.30. The lowest BCUT2D eigenvalue weighted by Crippen LogP contribution is -2.34. The summed E-state index contributed by atoms with van der Waals surface area (Å²) in [5.41, 5.74) is 0.338. The van der Waals surface area contributed by atoms with E-state index < -0.39 is 22.5 Å². The van der Waals surface area contributed by atoms with Crippen LogP contribution >= 0.6 is 0 Å². The number of carbonyl (C=O) groups is 1. The second-order valence-electron chi connectivity index (χ2n) is 5.66. The number of nitrogens with one attached hydrogen (secondary N) is 1. The number of hydrogen-bond acceptors (Lipinski definition) is 4.